The first-order chi connectivity index (χ1) is 6.00. The van der Waals surface area contributed by atoms with E-state index in [0.717, 1.165) is 0 Å². The zero-order chi connectivity index (χ0) is 9.90. The van der Waals surface area contributed by atoms with Gasteiger partial charge in [0.25, 0.3) is 0 Å². The fourth-order valence-corrected chi connectivity index (χ4v) is 0.643. The minimum atomic E-state index is -0.107. The third-order valence-electron chi connectivity index (χ3n) is 1.55. The topological polar surface area (TPSA) is 92.8 Å². The molecule has 0 radical (unpaired) electrons. The van der Waals surface area contributed by atoms with E-state index in [2.05, 4.69) is 25.6 Å². The number of nitrogens with two attached hydrogens (primary N) is 1. The molecule has 6 heteroatoms. The monoisotopic (exact) mass is 182 g/mol. The Labute approximate surface area is 76.6 Å². The Kier molecular flexibility index (Phi) is 2.60. The number of rotatable bonds is 2. The second-order valence-electron chi connectivity index (χ2n) is 3.78. The number of tetrazole rings is 1. The summed E-state index contributed by atoms with van der Waals surface area (Å²) in [7, 11) is 0. The summed E-state index contributed by atoms with van der Waals surface area (Å²) in [5.41, 5.74) is 5.62. The molecular formula is C7H14N6. The van der Waals surface area contributed by atoms with E-state index in [-0.39, 0.29) is 5.41 Å². The van der Waals surface area contributed by atoms with Gasteiger partial charge in [-0.1, -0.05) is 26.0 Å². The van der Waals surface area contributed by atoms with Crippen LogP contribution in [0.3, 0.4) is 0 Å². The zero-order valence-electron chi connectivity index (χ0n) is 8.07. The molecule has 13 heavy (non-hydrogen) atoms. The molecule has 0 aliphatic carbocycles. The number of nitrogens with zero attached hydrogens (tertiary/aromatic N) is 4. The summed E-state index contributed by atoms with van der Waals surface area (Å²) in [5.74, 6) is 1.14. The highest BCUT2D eigenvalue weighted by molar-refractivity contribution is 5.85. The van der Waals surface area contributed by atoms with Crippen molar-refractivity contribution in [1.82, 2.24) is 20.6 Å². The van der Waals surface area contributed by atoms with Crippen molar-refractivity contribution in [3.63, 3.8) is 0 Å². The summed E-state index contributed by atoms with van der Waals surface area (Å²) in [5, 5.41) is 13.3. The second-order valence-corrected chi connectivity index (χ2v) is 3.78. The molecule has 0 aliphatic heterocycles. The Morgan fingerprint density at radius 2 is 2.23 bits per heavy atom. The van der Waals surface area contributed by atoms with Crippen LogP contribution in [0.1, 0.15) is 26.6 Å². The summed E-state index contributed by atoms with van der Waals surface area (Å²) >= 11 is 0. The van der Waals surface area contributed by atoms with Gasteiger partial charge in [-0.15, -0.1) is 10.2 Å². The molecular weight excluding hydrogens is 168 g/mol. The standard InChI is InChI=1S/C7H14N6/c1-7(2,3)6(8)9-4-5-10-12-13-11-5/h4H2,1-3H3,(H2,8,9)(H,10,11,12,13). The van der Waals surface area contributed by atoms with Gasteiger partial charge < -0.3 is 5.73 Å². The van der Waals surface area contributed by atoms with Gasteiger partial charge in [-0.3, -0.25) is 4.99 Å². The van der Waals surface area contributed by atoms with Crippen molar-refractivity contribution in [2.24, 2.45) is 16.1 Å². The molecule has 1 heterocycles. The minimum Gasteiger partial charge on any atom is -0.387 e. The van der Waals surface area contributed by atoms with Gasteiger partial charge in [0.15, 0.2) is 5.82 Å². The van der Waals surface area contributed by atoms with Crippen LogP contribution in [0.15, 0.2) is 4.99 Å². The van der Waals surface area contributed by atoms with Crippen molar-refractivity contribution in [2.45, 2.75) is 27.3 Å². The van der Waals surface area contributed by atoms with E-state index in [9.17, 15) is 0 Å². The average Bonchev–Trinajstić information content (AvgIpc) is 2.50. The Balaban J connectivity index is 2.59. The van der Waals surface area contributed by atoms with Crippen LogP contribution < -0.4 is 5.73 Å². The Morgan fingerprint density at radius 1 is 1.54 bits per heavy atom. The summed E-state index contributed by atoms with van der Waals surface area (Å²) in [6.45, 7) is 6.38. The second kappa shape index (κ2) is 3.51. The third kappa shape index (κ3) is 2.81. The van der Waals surface area contributed by atoms with Crippen molar-refractivity contribution in [2.75, 3.05) is 0 Å². The highest BCUT2D eigenvalue weighted by atomic mass is 15.5. The van der Waals surface area contributed by atoms with E-state index in [1.165, 1.54) is 0 Å². The molecule has 0 saturated carbocycles. The highest BCUT2D eigenvalue weighted by Crippen LogP contribution is 2.12. The number of hydrogen-bond donors (Lipinski definition) is 2. The maximum atomic E-state index is 5.73. The number of aliphatic imine (C=N–C) groups is 1. The van der Waals surface area contributed by atoms with Crippen LogP contribution in [0.4, 0.5) is 0 Å². The SMILES string of the molecule is CC(C)(C)C(N)=NCc1nn[nH]n1. The summed E-state index contributed by atoms with van der Waals surface area (Å²) < 4.78 is 0. The predicted molar refractivity (Wildman–Crippen MR) is 49.0 cm³/mol. The number of aromatic nitrogens is 4. The highest BCUT2D eigenvalue weighted by Gasteiger charge is 2.15. The lowest BCUT2D eigenvalue weighted by Gasteiger charge is -2.16. The number of nitrogens with one attached hydrogen (secondary N) is 1. The lowest BCUT2D eigenvalue weighted by Crippen LogP contribution is -2.29. The van der Waals surface area contributed by atoms with Crippen molar-refractivity contribution >= 4 is 5.84 Å². The van der Waals surface area contributed by atoms with Gasteiger partial charge in [0, 0.05) is 5.41 Å². The summed E-state index contributed by atoms with van der Waals surface area (Å²) in [6.07, 6.45) is 0. The fraction of sp³-hybridized carbons (Fsp3) is 0.714. The van der Waals surface area contributed by atoms with E-state index in [0.29, 0.717) is 18.2 Å². The largest absolute Gasteiger partial charge is 0.387 e. The van der Waals surface area contributed by atoms with Gasteiger partial charge in [-0.05, 0) is 0 Å². The van der Waals surface area contributed by atoms with E-state index in [1.54, 1.807) is 0 Å². The first-order valence-corrected chi connectivity index (χ1v) is 4.03. The van der Waals surface area contributed by atoms with Crippen LogP contribution >= 0.6 is 0 Å². The number of H-pyrrole nitrogens is 1. The molecule has 1 rings (SSSR count). The Hall–Kier alpha value is -1.46. The molecule has 0 bridgehead atoms. The first kappa shape index (κ1) is 9.63. The van der Waals surface area contributed by atoms with Crippen LogP contribution in [-0.2, 0) is 6.54 Å². The molecule has 0 aliphatic rings. The van der Waals surface area contributed by atoms with Crippen molar-refractivity contribution < 1.29 is 0 Å². The molecule has 3 N–H and O–H groups in total. The van der Waals surface area contributed by atoms with Crippen LogP contribution in [0, 0.1) is 5.41 Å². The number of amidine groups is 1. The van der Waals surface area contributed by atoms with Crippen molar-refractivity contribution in [3.8, 4) is 0 Å². The van der Waals surface area contributed by atoms with E-state index in [4.69, 9.17) is 5.73 Å². The van der Waals surface area contributed by atoms with E-state index >= 15 is 0 Å². The lowest BCUT2D eigenvalue weighted by molar-refractivity contribution is 0.580. The van der Waals surface area contributed by atoms with Crippen molar-refractivity contribution in [1.29, 1.82) is 0 Å². The van der Waals surface area contributed by atoms with Gasteiger partial charge in [0.1, 0.15) is 6.54 Å². The van der Waals surface area contributed by atoms with Gasteiger partial charge in [0.2, 0.25) is 0 Å². The molecule has 1 aromatic rings. The molecule has 0 fully saturated rings. The molecule has 6 nitrogen and oxygen atoms in total. The number of aromatic amines is 1. The van der Waals surface area contributed by atoms with E-state index < -0.39 is 0 Å². The average molecular weight is 182 g/mol. The summed E-state index contributed by atoms with van der Waals surface area (Å²) in [4.78, 5) is 4.15. The van der Waals surface area contributed by atoms with Crippen LogP contribution in [0.2, 0.25) is 0 Å². The van der Waals surface area contributed by atoms with Crippen molar-refractivity contribution in [3.05, 3.63) is 5.82 Å². The normalized spacial score (nSPS) is 13.3. The molecule has 1 aromatic heterocycles. The lowest BCUT2D eigenvalue weighted by atomic mass is 9.95. The van der Waals surface area contributed by atoms with Gasteiger partial charge in [0.05, 0.1) is 5.84 Å². The zero-order valence-corrected chi connectivity index (χ0v) is 8.07. The molecule has 0 aromatic carbocycles. The fourth-order valence-electron chi connectivity index (χ4n) is 0.643. The van der Waals surface area contributed by atoms with Crippen LogP contribution in [0.5, 0.6) is 0 Å². The van der Waals surface area contributed by atoms with Gasteiger partial charge in [-0.2, -0.15) is 5.21 Å². The molecule has 0 saturated heterocycles. The summed E-state index contributed by atoms with van der Waals surface area (Å²) in [6, 6.07) is 0. The quantitative estimate of drug-likeness (QED) is 0.501. The third-order valence-corrected chi connectivity index (χ3v) is 1.55. The predicted octanol–water partition coefficient (Wildman–Crippen LogP) is 0.103. The Bertz CT molecular complexity index is 280. The maximum Gasteiger partial charge on any atom is 0.195 e. The molecule has 0 atom stereocenters. The molecule has 0 spiro atoms. The first-order valence-electron chi connectivity index (χ1n) is 4.03. The molecule has 0 unspecified atom stereocenters. The smallest absolute Gasteiger partial charge is 0.195 e. The van der Waals surface area contributed by atoms with Gasteiger partial charge in [-0.25, -0.2) is 0 Å². The van der Waals surface area contributed by atoms with Crippen LogP contribution in [0.25, 0.3) is 0 Å². The molecule has 0 amide bonds. The van der Waals surface area contributed by atoms with Gasteiger partial charge >= 0.3 is 0 Å². The Morgan fingerprint density at radius 3 is 2.69 bits per heavy atom. The maximum absolute atomic E-state index is 5.73. The number of hydrogen-bond acceptors (Lipinski definition) is 4. The minimum absolute atomic E-state index is 0.107. The van der Waals surface area contributed by atoms with Crippen LogP contribution in [-0.4, -0.2) is 26.5 Å². The van der Waals surface area contributed by atoms with E-state index in [1.807, 2.05) is 20.8 Å². The molecule has 72 valence electrons.